The minimum atomic E-state index is -0.707. The van der Waals surface area contributed by atoms with Crippen LogP contribution in [0.3, 0.4) is 0 Å². The van der Waals surface area contributed by atoms with Crippen LogP contribution in [0.2, 0.25) is 5.02 Å². The van der Waals surface area contributed by atoms with Crippen molar-refractivity contribution in [1.82, 2.24) is 18.9 Å². The third-order valence-corrected chi connectivity index (χ3v) is 6.24. The SMILES string of the molecule is O=C(Nc1cccc(-c2cn3ccsc3n2)c1)c1c[nH]c(=O)n(Cc2ccccc2Cl)c1=O. The molecule has 3 aromatic heterocycles. The van der Waals surface area contributed by atoms with Gasteiger partial charge in [-0.2, -0.15) is 0 Å². The number of hydrogen-bond acceptors (Lipinski definition) is 5. The van der Waals surface area contributed by atoms with Crippen LogP contribution in [0.4, 0.5) is 5.69 Å². The van der Waals surface area contributed by atoms with E-state index in [1.807, 2.05) is 28.2 Å². The number of nitrogens with one attached hydrogen (secondary N) is 2. The summed E-state index contributed by atoms with van der Waals surface area (Å²) in [6.07, 6.45) is 4.95. The Kier molecular flexibility index (Phi) is 5.41. The molecule has 8 nitrogen and oxygen atoms in total. The second kappa shape index (κ2) is 8.53. The first-order chi connectivity index (χ1) is 16.0. The number of amides is 1. The standard InChI is InChI=1S/C23H16ClN5O3S/c24-18-7-2-1-4-15(18)12-29-21(31)17(11-25-22(29)32)20(30)26-16-6-3-5-14(10-16)19-13-28-8-9-33-23(28)27-19/h1-11,13H,12H2,(H,25,32)(H,26,30). The first-order valence-electron chi connectivity index (χ1n) is 9.89. The van der Waals surface area contributed by atoms with Crippen molar-refractivity contribution in [2.75, 3.05) is 5.32 Å². The Morgan fingerprint density at radius 1 is 1.15 bits per heavy atom. The van der Waals surface area contributed by atoms with Gasteiger partial charge >= 0.3 is 5.69 Å². The second-order valence-electron chi connectivity index (χ2n) is 7.24. The van der Waals surface area contributed by atoms with Gasteiger partial charge in [-0.3, -0.25) is 18.6 Å². The number of aromatic nitrogens is 4. The molecule has 5 rings (SSSR count). The van der Waals surface area contributed by atoms with E-state index in [1.165, 1.54) is 11.3 Å². The smallest absolute Gasteiger partial charge is 0.322 e. The van der Waals surface area contributed by atoms with Crippen molar-refractivity contribution in [2.45, 2.75) is 6.54 Å². The van der Waals surface area contributed by atoms with E-state index in [0.29, 0.717) is 16.3 Å². The molecule has 0 aliphatic carbocycles. The molecule has 3 heterocycles. The van der Waals surface area contributed by atoms with Gasteiger partial charge in [-0.15, -0.1) is 11.3 Å². The lowest BCUT2D eigenvalue weighted by molar-refractivity contribution is 0.102. The molecule has 0 saturated carbocycles. The van der Waals surface area contributed by atoms with E-state index < -0.39 is 17.2 Å². The fourth-order valence-corrected chi connectivity index (χ4v) is 4.33. The molecule has 5 aromatic rings. The number of H-pyrrole nitrogens is 1. The maximum atomic E-state index is 12.9. The van der Waals surface area contributed by atoms with Gasteiger partial charge in [0.2, 0.25) is 0 Å². The predicted octanol–water partition coefficient (Wildman–Crippen LogP) is 3.87. The van der Waals surface area contributed by atoms with Crippen molar-refractivity contribution in [3.63, 3.8) is 0 Å². The number of aromatic amines is 1. The summed E-state index contributed by atoms with van der Waals surface area (Å²) in [7, 11) is 0. The second-order valence-corrected chi connectivity index (χ2v) is 8.52. The Bertz CT molecular complexity index is 1590. The van der Waals surface area contributed by atoms with Gasteiger partial charge in [0.15, 0.2) is 4.96 Å². The van der Waals surface area contributed by atoms with Gasteiger partial charge in [0.25, 0.3) is 11.5 Å². The maximum Gasteiger partial charge on any atom is 0.328 e. The predicted molar refractivity (Wildman–Crippen MR) is 128 cm³/mol. The van der Waals surface area contributed by atoms with Crippen molar-refractivity contribution >= 4 is 39.5 Å². The molecule has 2 aromatic carbocycles. The molecule has 0 unspecified atom stereocenters. The Morgan fingerprint density at radius 3 is 2.82 bits per heavy atom. The number of thiazole rings is 1. The summed E-state index contributed by atoms with van der Waals surface area (Å²) >= 11 is 7.69. The maximum absolute atomic E-state index is 12.9. The molecule has 33 heavy (non-hydrogen) atoms. The highest BCUT2D eigenvalue weighted by Crippen LogP contribution is 2.24. The number of benzene rings is 2. The zero-order valence-corrected chi connectivity index (χ0v) is 18.6. The molecule has 0 spiro atoms. The monoisotopic (exact) mass is 477 g/mol. The van der Waals surface area contributed by atoms with Gasteiger partial charge < -0.3 is 10.3 Å². The fraction of sp³-hybridized carbons (Fsp3) is 0.0435. The van der Waals surface area contributed by atoms with E-state index in [0.717, 1.165) is 27.0 Å². The van der Waals surface area contributed by atoms with Gasteiger partial charge in [0.05, 0.1) is 12.2 Å². The molecule has 0 radical (unpaired) electrons. The molecule has 0 fully saturated rings. The molecule has 0 aliphatic heterocycles. The van der Waals surface area contributed by atoms with E-state index in [1.54, 1.807) is 42.5 Å². The van der Waals surface area contributed by atoms with Crippen LogP contribution in [0.1, 0.15) is 15.9 Å². The summed E-state index contributed by atoms with van der Waals surface area (Å²) < 4.78 is 2.87. The van der Waals surface area contributed by atoms with Gasteiger partial charge in [-0.05, 0) is 23.8 Å². The molecule has 0 saturated heterocycles. The number of hydrogen-bond donors (Lipinski definition) is 2. The lowest BCUT2D eigenvalue weighted by Crippen LogP contribution is -2.39. The highest BCUT2D eigenvalue weighted by atomic mass is 35.5. The first-order valence-corrected chi connectivity index (χ1v) is 11.2. The summed E-state index contributed by atoms with van der Waals surface area (Å²) in [5, 5.41) is 5.10. The molecule has 10 heteroatoms. The van der Waals surface area contributed by atoms with E-state index >= 15 is 0 Å². The van der Waals surface area contributed by atoms with E-state index in [-0.39, 0.29) is 12.1 Å². The Labute approximate surface area is 195 Å². The summed E-state index contributed by atoms with van der Waals surface area (Å²) in [5.74, 6) is -0.632. The fourth-order valence-electron chi connectivity index (χ4n) is 3.44. The first kappa shape index (κ1) is 20.9. The average molecular weight is 478 g/mol. The van der Waals surface area contributed by atoms with E-state index in [2.05, 4.69) is 15.3 Å². The summed E-state index contributed by atoms with van der Waals surface area (Å²) in [6, 6.07) is 14.1. The zero-order chi connectivity index (χ0) is 22.9. The number of anilines is 1. The summed E-state index contributed by atoms with van der Waals surface area (Å²) in [5.41, 5.74) is 1.16. The van der Waals surface area contributed by atoms with Gasteiger partial charge in [-0.1, -0.05) is 41.9 Å². The van der Waals surface area contributed by atoms with Crippen LogP contribution in [-0.4, -0.2) is 24.8 Å². The third kappa shape index (κ3) is 4.11. The van der Waals surface area contributed by atoms with E-state index in [4.69, 9.17) is 11.6 Å². The minimum absolute atomic E-state index is 0.0537. The third-order valence-electron chi connectivity index (χ3n) is 5.10. The molecular weight excluding hydrogens is 462 g/mol. The van der Waals surface area contributed by atoms with Crippen molar-refractivity contribution in [3.05, 3.63) is 109 Å². The van der Waals surface area contributed by atoms with Crippen molar-refractivity contribution < 1.29 is 4.79 Å². The largest absolute Gasteiger partial charge is 0.328 e. The van der Waals surface area contributed by atoms with E-state index in [9.17, 15) is 14.4 Å². The molecule has 0 bridgehead atoms. The van der Waals surface area contributed by atoms with Crippen LogP contribution in [0.5, 0.6) is 0 Å². The van der Waals surface area contributed by atoms with Gasteiger partial charge in [-0.25, -0.2) is 9.78 Å². The number of fused-ring (bicyclic) bond motifs is 1. The number of halogens is 1. The van der Waals surface area contributed by atoms with Crippen molar-refractivity contribution in [1.29, 1.82) is 0 Å². The lowest BCUT2D eigenvalue weighted by Gasteiger charge is -2.10. The Balaban J connectivity index is 1.42. The van der Waals surface area contributed by atoms with Crippen LogP contribution in [-0.2, 0) is 6.54 Å². The normalized spacial score (nSPS) is 11.1. The van der Waals surface area contributed by atoms with Crippen LogP contribution in [0.15, 0.2) is 82.1 Å². The van der Waals surface area contributed by atoms with Crippen LogP contribution >= 0.6 is 22.9 Å². The van der Waals surface area contributed by atoms with Crippen LogP contribution in [0.25, 0.3) is 16.2 Å². The number of imidazole rings is 1. The average Bonchev–Trinajstić information content (AvgIpc) is 3.40. The van der Waals surface area contributed by atoms with Crippen LogP contribution < -0.4 is 16.6 Å². The topological polar surface area (TPSA) is 101 Å². The highest BCUT2D eigenvalue weighted by Gasteiger charge is 2.16. The van der Waals surface area contributed by atoms with Gasteiger partial charge in [0.1, 0.15) is 5.56 Å². The summed E-state index contributed by atoms with van der Waals surface area (Å²) in [4.78, 5) is 46.0. The number of rotatable bonds is 5. The van der Waals surface area contributed by atoms with Gasteiger partial charge in [0, 0.05) is 40.2 Å². The number of nitrogens with zero attached hydrogens (tertiary/aromatic N) is 3. The van der Waals surface area contributed by atoms with Crippen molar-refractivity contribution in [3.8, 4) is 11.3 Å². The minimum Gasteiger partial charge on any atom is -0.322 e. The molecule has 164 valence electrons. The number of carbonyl (C=O) groups excluding carboxylic acids is 1. The molecular formula is C23H16ClN5O3S. The highest BCUT2D eigenvalue weighted by molar-refractivity contribution is 7.15. The Morgan fingerprint density at radius 2 is 2.00 bits per heavy atom. The molecule has 0 atom stereocenters. The summed E-state index contributed by atoms with van der Waals surface area (Å²) in [6.45, 7) is -0.0537. The zero-order valence-electron chi connectivity index (χ0n) is 17.0. The number of carbonyl (C=O) groups is 1. The molecule has 0 aliphatic rings. The molecule has 1 amide bonds. The molecule has 2 N–H and O–H groups in total. The quantitative estimate of drug-likeness (QED) is 0.401. The van der Waals surface area contributed by atoms with Crippen LogP contribution in [0, 0.1) is 0 Å². The Hall–Kier alpha value is -3.95. The lowest BCUT2D eigenvalue weighted by atomic mass is 10.1. The van der Waals surface area contributed by atoms with Crippen molar-refractivity contribution in [2.24, 2.45) is 0 Å².